The highest BCUT2D eigenvalue weighted by Gasteiger charge is 2.25. The van der Waals surface area contributed by atoms with E-state index in [-0.39, 0.29) is 5.91 Å². The number of nitrogen functional groups attached to an aromatic ring is 1. The number of fused-ring (bicyclic) bond motifs is 1. The fourth-order valence-corrected chi connectivity index (χ4v) is 2.59. The van der Waals surface area contributed by atoms with Gasteiger partial charge in [0.2, 0.25) is 0 Å². The minimum atomic E-state index is -0.161. The highest BCUT2D eigenvalue weighted by atomic mass is 16.2. The van der Waals surface area contributed by atoms with E-state index in [2.05, 4.69) is 4.98 Å². The van der Waals surface area contributed by atoms with Gasteiger partial charge >= 0.3 is 0 Å². The standard InChI is InChI=1S/C16H14N4O/c17-9-11-6-7-14(19-10-11)16(21)20-8-2-3-12-13(18)4-1-5-15(12)20/h1,4-7,10H,2-3,8,18H2. The van der Waals surface area contributed by atoms with Crippen LogP contribution >= 0.6 is 0 Å². The number of carbonyl (C=O) groups is 1. The fraction of sp³-hybridized carbons (Fsp3) is 0.188. The lowest BCUT2D eigenvalue weighted by atomic mass is 9.99. The van der Waals surface area contributed by atoms with Crippen molar-refractivity contribution in [3.63, 3.8) is 0 Å². The molecule has 1 aromatic heterocycles. The van der Waals surface area contributed by atoms with E-state index in [1.807, 2.05) is 24.3 Å². The first-order chi connectivity index (χ1) is 10.2. The highest BCUT2D eigenvalue weighted by Crippen LogP contribution is 2.31. The van der Waals surface area contributed by atoms with Gasteiger partial charge in [-0.05, 0) is 42.7 Å². The zero-order valence-corrected chi connectivity index (χ0v) is 11.4. The molecule has 0 fully saturated rings. The van der Waals surface area contributed by atoms with E-state index in [0.29, 0.717) is 17.8 Å². The number of nitrogens with two attached hydrogens (primary N) is 1. The third kappa shape index (κ3) is 2.32. The van der Waals surface area contributed by atoms with Crippen LogP contribution in [-0.4, -0.2) is 17.4 Å². The smallest absolute Gasteiger partial charge is 0.276 e. The molecule has 104 valence electrons. The van der Waals surface area contributed by atoms with Crippen molar-refractivity contribution in [2.75, 3.05) is 17.2 Å². The molecule has 1 aliphatic rings. The normalized spacial score (nSPS) is 13.4. The van der Waals surface area contributed by atoms with Crippen LogP contribution in [0.15, 0.2) is 36.5 Å². The van der Waals surface area contributed by atoms with Crippen molar-refractivity contribution in [2.24, 2.45) is 0 Å². The number of amides is 1. The molecule has 5 nitrogen and oxygen atoms in total. The third-order valence-electron chi connectivity index (χ3n) is 3.64. The van der Waals surface area contributed by atoms with Crippen LogP contribution in [0, 0.1) is 11.3 Å². The van der Waals surface area contributed by atoms with Gasteiger partial charge in [0.1, 0.15) is 11.8 Å². The number of anilines is 2. The second kappa shape index (κ2) is 5.25. The van der Waals surface area contributed by atoms with Crippen molar-refractivity contribution in [1.82, 2.24) is 4.98 Å². The van der Waals surface area contributed by atoms with Gasteiger partial charge < -0.3 is 10.6 Å². The largest absolute Gasteiger partial charge is 0.398 e. The quantitative estimate of drug-likeness (QED) is 0.810. The van der Waals surface area contributed by atoms with Crippen molar-refractivity contribution < 1.29 is 4.79 Å². The molecule has 0 aliphatic carbocycles. The molecular weight excluding hydrogens is 264 g/mol. The van der Waals surface area contributed by atoms with Crippen molar-refractivity contribution in [2.45, 2.75) is 12.8 Å². The molecule has 1 aliphatic heterocycles. The molecule has 2 heterocycles. The molecule has 0 atom stereocenters. The van der Waals surface area contributed by atoms with Gasteiger partial charge in [-0.3, -0.25) is 4.79 Å². The number of hydrogen-bond donors (Lipinski definition) is 1. The highest BCUT2D eigenvalue weighted by molar-refractivity contribution is 6.05. The Kier molecular flexibility index (Phi) is 3.28. The molecule has 3 rings (SSSR count). The summed E-state index contributed by atoms with van der Waals surface area (Å²) >= 11 is 0. The molecule has 0 saturated heterocycles. The summed E-state index contributed by atoms with van der Waals surface area (Å²) in [6.07, 6.45) is 3.17. The van der Waals surface area contributed by atoms with E-state index in [1.54, 1.807) is 17.0 Å². The number of nitriles is 1. The predicted molar refractivity (Wildman–Crippen MR) is 79.8 cm³/mol. The molecule has 0 spiro atoms. The molecule has 2 N–H and O–H groups in total. The van der Waals surface area contributed by atoms with Crippen LogP contribution in [0.3, 0.4) is 0 Å². The maximum atomic E-state index is 12.6. The monoisotopic (exact) mass is 278 g/mol. The molecule has 0 saturated carbocycles. The molecule has 5 heteroatoms. The second-order valence-electron chi connectivity index (χ2n) is 4.95. The fourth-order valence-electron chi connectivity index (χ4n) is 2.59. The topological polar surface area (TPSA) is 83.0 Å². The average Bonchev–Trinajstić information content (AvgIpc) is 2.54. The number of carbonyl (C=O) groups excluding carboxylic acids is 1. The Morgan fingerprint density at radius 3 is 2.90 bits per heavy atom. The first-order valence-corrected chi connectivity index (χ1v) is 6.76. The molecule has 1 aromatic carbocycles. The predicted octanol–water partition coefficient (Wildman–Crippen LogP) is 2.13. The van der Waals surface area contributed by atoms with Gasteiger partial charge in [0, 0.05) is 24.1 Å². The lowest BCUT2D eigenvalue weighted by Gasteiger charge is -2.30. The van der Waals surface area contributed by atoms with E-state index < -0.39 is 0 Å². The van der Waals surface area contributed by atoms with E-state index in [1.165, 1.54) is 6.20 Å². The number of aromatic nitrogens is 1. The van der Waals surface area contributed by atoms with Crippen LogP contribution < -0.4 is 10.6 Å². The third-order valence-corrected chi connectivity index (χ3v) is 3.64. The van der Waals surface area contributed by atoms with E-state index in [0.717, 1.165) is 29.8 Å². The minimum Gasteiger partial charge on any atom is -0.398 e. The van der Waals surface area contributed by atoms with Crippen LogP contribution in [-0.2, 0) is 6.42 Å². The Hall–Kier alpha value is -2.87. The summed E-state index contributed by atoms with van der Waals surface area (Å²) in [5.41, 5.74) is 9.37. The maximum Gasteiger partial charge on any atom is 0.276 e. The number of benzene rings is 1. The lowest BCUT2D eigenvalue weighted by Crippen LogP contribution is -2.36. The molecule has 2 aromatic rings. The summed E-state index contributed by atoms with van der Waals surface area (Å²) in [7, 11) is 0. The Morgan fingerprint density at radius 2 is 2.19 bits per heavy atom. The van der Waals surface area contributed by atoms with Gasteiger partial charge in [-0.1, -0.05) is 6.07 Å². The zero-order valence-electron chi connectivity index (χ0n) is 11.4. The maximum absolute atomic E-state index is 12.6. The van der Waals surface area contributed by atoms with Gasteiger partial charge in [0.05, 0.1) is 5.56 Å². The Bertz CT molecular complexity index is 731. The first-order valence-electron chi connectivity index (χ1n) is 6.76. The van der Waals surface area contributed by atoms with Crippen molar-refractivity contribution in [1.29, 1.82) is 5.26 Å². The van der Waals surface area contributed by atoms with Crippen LogP contribution in [0.4, 0.5) is 11.4 Å². The molecule has 0 bridgehead atoms. The van der Waals surface area contributed by atoms with E-state index >= 15 is 0 Å². The van der Waals surface area contributed by atoms with Crippen LogP contribution in [0.25, 0.3) is 0 Å². The molecular formula is C16H14N4O. The molecule has 21 heavy (non-hydrogen) atoms. The van der Waals surface area contributed by atoms with Crippen LogP contribution in [0.1, 0.15) is 28.0 Å². The second-order valence-corrected chi connectivity index (χ2v) is 4.95. The van der Waals surface area contributed by atoms with Gasteiger partial charge in [-0.2, -0.15) is 5.26 Å². The summed E-state index contributed by atoms with van der Waals surface area (Å²) in [6.45, 7) is 0.650. The van der Waals surface area contributed by atoms with Crippen LogP contribution in [0.2, 0.25) is 0 Å². The Labute approximate surface area is 122 Å². The Morgan fingerprint density at radius 1 is 1.33 bits per heavy atom. The molecule has 0 unspecified atom stereocenters. The van der Waals surface area contributed by atoms with Crippen molar-refractivity contribution >= 4 is 17.3 Å². The van der Waals surface area contributed by atoms with E-state index in [4.69, 9.17) is 11.0 Å². The van der Waals surface area contributed by atoms with Crippen molar-refractivity contribution in [3.8, 4) is 6.07 Å². The summed E-state index contributed by atoms with van der Waals surface area (Å²) in [4.78, 5) is 18.4. The van der Waals surface area contributed by atoms with Crippen LogP contribution in [0.5, 0.6) is 0 Å². The summed E-state index contributed by atoms with van der Waals surface area (Å²) in [5.74, 6) is -0.161. The molecule has 0 radical (unpaired) electrons. The number of hydrogen-bond acceptors (Lipinski definition) is 4. The number of nitrogens with zero attached hydrogens (tertiary/aromatic N) is 3. The van der Waals surface area contributed by atoms with Gasteiger partial charge in [-0.15, -0.1) is 0 Å². The van der Waals surface area contributed by atoms with E-state index in [9.17, 15) is 4.79 Å². The summed E-state index contributed by atoms with van der Waals surface area (Å²) < 4.78 is 0. The zero-order chi connectivity index (χ0) is 14.8. The van der Waals surface area contributed by atoms with Gasteiger partial charge in [-0.25, -0.2) is 4.98 Å². The van der Waals surface area contributed by atoms with Gasteiger partial charge in [0.15, 0.2) is 0 Å². The number of pyridine rings is 1. The lowest BCUT2D eigenvalue weighted by molar-refractivity contribution is 0.0980. The van der Waals surface area contributed by atoms with Crippen molar-refractivity contribution in [3.05, 3.63) is 53.3 Å². The van der Waals surface area contributed by atoms with Gasteiger partial charge in [0.25, 0.3) is 5.91 Å². The summed E-state index contributed by atoms with van der Waals surface area (Å²) in [6, 6.07) is 10.8. The minimum absolute atomic E-state index is 0.161. The first kappa shape index (κ1) is 13.1. The Balaban J connectivity index is 1.96. The number of rotatable bonds is 1. The average molecular weight is 278 g/mol. The molecule has 1 amide bonds. The summed E-state index contributed by atoms with van der Waals surface area (Å²) in [5, 5.41) is 8.78. The SMILES string of the molecule is N#Cc1ccc(C(=O)N2CCCc3c(N)cccc32)nc1.